The van der Waals surface area contributed by atoms with Gasteiger partial charge in [-0.3, -0.25) is 9.78 Å². The summed E-state index contributed by atoms with van der Waals surface area (Å²) < 4.78 is 4.91. The molecule has 0 fully saturated rings. The van der Waals surface area contributed by atoms with Gasteiger partial charge in [-0.15, -0.1) is 0 Å². The van der Waals surface area contributed by atoms with Gasteiger partial charge in [0.2, 0.25) is 0 Å². The van der Waals surface area contributed by atoms with E-state index in [0.717, 1.165) is 0 Å². The summed E-state index contributed by atoms with van der Waals surface area (Å²) in [5.74, 6) is -0.478. The Morgan fingerprint density at radius 1 is 1.31 bits per heavy atom. The van der Waals surface area contributed by atoms with Gasteiger partial charge in [0.1, 0.15) is 0 Å². The molecule has 2 rings (SSSR count). The Morgan fingerprint density at radius 3 is 2.62 bits per heavy atom. The Bertz CT molecular complexity index is 598. The number of carbonyl (C=O) groups excluding carboxylic acids is 1. The molecule has 0 bridgehead atoms. The smallest absolute Gasteiger partial charge is 0.408 e. The van der Waals surface area contributed by atoms with Gasteiger partial charge in [0.05, 0.1) is 5.52 Å². The number of ketones is 1. The summed E-state index contributed by atoms with van der Waals surface area (Å²) in [5.41, 5.74) is 1.14. The van der Waals surface area contributed by atoms with E-state index in [9.17, 15) is 9.59 Å². The number of H-pyrrole nitrogens is 1. The van der Waals surface area contributed by atoms with E-state index in [2.05, 4.69) is 4.98 Å². The average Bonchev–Trinajstić information content (AvgIpc) is 2.54. The van der Waals surface area contributed by atoms with Crippen molar-refractivity contribution in [3.05, 3.63) is 34.3 Å². The molecular formula is C12H13NO3. The van der Waals surface area contributed by atoms with Crippen LogP contribution >= 0.6 is 0 Å². The second kappa shape index (κ2) is 3.33. The third-order valence-corrected chi connectivity index (χ3v) is 2.36. The van der Waals surface area contributed by atoms with Crippen molar-refractivity contribution >= 4 is 16.9 Å². The van der Waals surface area contributed by atoms with Crippen LogP contribution in [-0.2, 0) is 0 Å². The van der Waals surface area contributed by atoms with E-state index in [-0.39, 0.29) is 5.78 Å². The second-order valence-electron chi connectivity index (χ2n) is 4.80. The average molecular weight is 219 g/mol. The zero-order valence-corrected chi connectivity index (χ0v) is 9.46. The lowest BCUT2D eigenvalue weighted by Gasteiger charge is -2.16. The van der Waals surface area contributed by atoms with Gasteiger partial charge in [-0.05, 0) is 18.2 Å². The molecule has 0 spiro atoms. The molecule has 0 amide bonds. The first-order valence-corrected chi connectivity index (χ1v) is 5.05. The Hall–Kier alpha value is -1.84. The largest absolute Gasteiger partial charge is 0.417 e. The fourth-order valence-corrected chi connectivity index (χ4v) is 1.52. The minimum Gasteiger partial charge on any atom is -0.408 e. The first-order valence-electron chi connectivity index (χ1n) is 5.05. The molecule has 0 atom stereocenters. The minimum atomic E-state index is -0.504. The molecule has 0 saturated heterocycles. The van der Waals surface area contributed by atoms with Crippen LogP contribution in [0.1, 0.15) is 31.1 Å². The Balaban J connectivity index is 2.55. The molecule has 0 aliphatic carbocycles. The summed E-state index contributed by atoms with van der Waals surface area (Å²) in [5, 5.41) is 0. The van der Waals surface area contributed by atoms with Crippen molar-refractivity contribution in [2.75, 3.05) is 0 Å². The lowest BCUT2D eigenvalue weighted by Crippen LogP contribution is -2.19. The fraction of sp³-hybridized carbons (Fsp3) is 0.333. The maximum atomic E-state index is 12.0. The number of hydrogen-bond donors (Lipinski definition) is 1. The predicted molar refractivity (Wildman–Crippen MR) is 60.6 cm³/mol. The first-order chi connectivity index (χ1) is 7.38. The first kappa shape index (κ1) is 10.7. The lowest BCUT2D eigenvalue weighted by molar-refractivity contribution is 0.0858. The van der Waals surface area contributed by atoms with Crippen molar-refractivity contribution in [2.24, 2.45) is 5.41 Å². The summed E-state index contributed by atoms with van der Waals surface area (Å²) in [6.07, 6.45) is 0. The maximum Gasteiger partial charge on any atom is 0.417 e. The monoisotopic (exact) mass is 219 g/mol. The van der Waals surface area contributed by atoms with Crippen LogP contribution in [-0.4, -0.2) is 10.8 Å². The van der Waals surface area contributed by atoms with Crippen LogP contribution < -0.4 is 5.76 Å². The van der Waals surface area contributed by atoms with E-state index in [1.807, 2.05) is 20.8 Å². The van der Waals surface area contributed by atoms with Gasteiger partial charge < -0.3 is 4.42 Å². The van der Waals surface area contributed by atoms with Gasteiger partial charge in [-0.25, -0.2) is 4.79 Å². The summed E-state index contributed by atoms with van der Waals surface area (Å²) in [4.78, 5) is 25.5. The summed E-state index contributed by atoms with van der Waals surface area (Å²) in [6, 6.07) is 4.97. The molecule has 2 aromatic rings. The zero-order valence-electron chi connectivity index (χ0n) is 9.46. The molecule has 16 heavy (non-hydrogen) atoms. The molecule has 1 aromatic carbocycles. The molecule has 1 heterocycles. The molecule has 1 aromatic heterocycles. The molecule has 4 heteroatoms. The van der Waals surface area contributed by atoms with E-state index in [1.54, 1.807) is 18.2 Å². The highest BCUT2D eigenvalue weighted by atomic mass is 16.4. The number of nitrogens with one attached hydrogen (secondary N) is 1. The van der Waals surface area contributed by atoms with E-state index in [4.69, 9.17) is 4.42 Å². The highest BCUT2D eigenvalue weighted by molar-refractivity contribution is 6.01. The number of hydrogen-bond acceptors (Lipinski definition) is 3. The summed E-state index contributed by atoms with van der Waals surface area (Å²) >= 11 is 0. The Kier molecular flexibility index (Phi) is 2.22. The molecule has 1 N–H and O–H groups in total. The quantitative estimate of drug-likeness (QED) is 0.749. The van der Waals surface area contributed by atoms with Gasteiger partial charge in [0.25, 0.3) is 0 Å². The lowest BCUT2D eigenvalue weighted by atomic mass is 9.86. The number of benzene rings is 1. The number of Topliss-reactive ketones (excluding diaryl/α,β-unsaturated/α-hetero) is 1. The van der Waals surface area contributed by atoms with Crippen LogP contribution in [0.2, 0.25) is 0 Å². The van der Waals surface area contributed by atoms with E-state index in [0.29, 0.717) is 16.7 Å². The second-order valence-corrected chi connectivity index (χ2v) is 4.80. The van der Waals surface area contributed by atoms with Crippen molar-refractivity contribution in [3.8, 4) is 0 Å². The molecule has 0 unspecified atom stereocenters. The van der Waals surface area contributed by atoms with Crippen molar-refractivity contribution in [1.29, 1.82) is 0 Å². The Labute approximate surface area is 92.3 Å². The van der Waals surface area contributed by atoms with Gasteiger partial charge in [-0.1, -0.05) is 20.8 Å². The number of fused-ring (bicyclic) bond motifs is 1. The van der Waals surface area contributed by atoms with E-state index in [1.165, 1.54) is 0 Å². The van der Waals surface area contributed by atoms with Crippen LogP contribution in [0.4, 0.5) is 0 Å². The third-order valence-electron chi connectivity index (χ3n) is 2.36. The highest BCUT2D eigenvalue weighted by Crippen LogP contribution is 2.22. The van der Waals surface area contributed by atoms with Crippen molar-refractivity contribution in [3.63, 3.8) is 0 Å². The number of carbonyl (C=O) groups is 1. The number of aromatic nitrogens is 1. The van der Waals surface area contributed by atoms with Gasteiger partial charge >= 0.3 is 5.76 Å². The maximum absolute atomic E-state index is 12.0. The summed E-state index contributed by atoms with van der Waals surface area (Å²) in [7, 11) is 0. The molecule has 0 aliphatic heterocycles. The molecule has 0 aliphatic rings. The third kappa shape index (κ3) is 1.78. The molecule has 0 saturated carbocycles. The molecular weight excluding hydrogens is 206 g/mol. The SMILES string of the molecule is CC(C)(C)C(=O)c1ccc2[nH]c(=O)oc2c1. The van der Waals surface area contributed by atoms with E-state index >= 15 is 0 Å². The zero-order chi connectivity index (χ0) is 11.9. The van der Waals surface area contributed by atoms with E-state index < -0.39 is 11.2 Å². The van der Waals surface area contributed by atoms with Crippen LogP contribution in [0.25, 0.3) is 11.1 Å². The van der Waals surface area contributed by atoms with Crippen LogP contribution in [0.5, 0.6) is 0 Å². The molecule has 84 valence electrons. The fourth-order valence-electron chi connectivity index (χ4n) is 1.52. The predicted octanol–water partition coefficient (Wildman–Crippen LogP) is 2.35. The van der Waals surface area contributed by atoms with Crippen molar-refractivity contribution in [2.45, 2.75) is 20.8 Å². The van der Waals surface area contributed by atoms with Gasteiger partial charge in [-0.2, -0.15) is 0 Å². The summed E-state index contributed by atoms with van der Waals surface area (Å²) in [6.45, 7) is 5.56. The van der Waals surface area contributed by atoms with Gasteiger partial charge in [0.15, 0.2) is 11.4 Å². The molecule has 0 radical (unpaired) electrons. The normalized spacial score (nSPS) is 11.9. The van der Waals surface area contributed by atoms with Crippen LogP contribution in [0, 0.1) is 5.41 Å². The van der Waals surface area contributed by atoms with Crippen molar-refractivity contribution < 1.29 is 9.21 Å². The topological polar surface area (TPSA) is 63.1 Å². The number of aromatic amines is 1. The molecule has 4 nitrogen and oxygen atoms in total. The number of oxazole rings is 1. The van der Waals surface area contributed by atoms with Crippen LogP contribution in [0.15, 0.2) is 27.4 Å². The van der Waals surface area contributed by atoms with Gasteiger partial charge in [0, 0.05) is 11.0 Å². The standard InChI is InChI=1S/C12H13NO3/c1-12(2,3)10(14)7-4-5-8-9(6-7)16-11(15)13-8/h4-6H,1-3H3,(H,13,15). The number of rotatable bonds is 1. The highest BCUT2D eigenvalue weighted by Gasteiger charge is 2.23. The van der Waals surface area contributed by atoms with Crippen molar-refractivity contribution in [1.82, 2.24) is 4.98 Å². The minimum absolute atomic E-state index is 0.0262. The Morgan fingerprint density at radius 2 is 2.00 bits per heavy atom. The van der Waals surface area contributed by atoms with Crippen LogP contribution in [0.3, 0.4) is 0 Å².